The molecule has 132 valence electrons. The maximum Gasteiger partial charge on any atom is 0.191 e. The van der Waals surface area contributed by atoms with Crippen molar-refractivity contribution in [1.29, 1.82) is 0 Å². The molecule has 2 aliphatic rings. The van der Waals surface area contributed by atoms with Crippen LogP contribution in [0.5, 0.6) is 0 Å². The van der Waals surface area contributed by atoms with E-state index in [1.165, 1.54) is 12.0 Å². The first-order chi connectivity index (χ1) is 11.7. The molecule has 0 spiro atoms. The van der Waals surface area contributed by atoms with Crippen molar-refractivity contribution in [1.82, 2.24) is 15.6 Å². The predicted octanol–water partition coefficient (Wildman–Crippen LogP) is 1.77. The second-order valence-corrected chi connectivity index (χ2v) is 6.81. The molecule has 0 radical (unpaired) electrons. The largest absolute Gasteiger partial charge is 0.375 e. The summed E-state index contributed by atoms with van der Waals surface area (Å²) < 4.78 is 5.61. The number of pyridine rings is 1. The molecular formula is C18H29N5O. The fourth-order valence-corrected chi connectivity index (χ4v) is 2.95. The van der Waals surface area contributed by atoms with Crippen LogP contribution in [0, 0.1) is 5.92 Å². The Hall–Kier alpha value is -1.82. The molecule has 0 bridgehead atoms. The van der Waals surface area contributed by atoms with E-state index in [9.17, 15) is 0 Å². The highest BCUT2D eigenvalue weighted by atomic mass is 16.5. The summed E-state index contributed by atoms with van der Waals surface area (Å²) in [5, 5.41) is 6.82. The van der Waals surface area contributed by atoms with Crippen LogP contribution < -0.4 is 15.5 Å². The molecule has 1 aromatic rings. The van der Waals surface area contributed by atoms with Crippen LogP contribution in [0.4, 0.5) is 5.82 Å². The molecule has 0 amide bonds. The van der Waals surface area contributed by atoms with Crippen molar-refractivity contribution in [2.24, 2.45) is 10.9 Å². The summed E-state index contributed by atoms with van der Waals surface area (Å²) in [6.45, 7) is 10.5. The van der Waals surface area contributed by atoms with Crippen LogP contribution in [0.1, 0.15) is 32.8 Å². The number of aromatic nitrogens is 1. The number of morpholine rings is 1. The quantitative estimate of drug-likeness (QED) is 0.636. The lowest BCUT2D eigenvalue weighted by Crippen LogP contribution is -2.41. The minimum atomic E-state index is 0.257. The lowest BCUT2D eigenvalue weighted by atomic mass is 10.2. The van der Waals surface area contributed by atoms with Crippen molar-refractivity contribution in [2.75, 3.05) is 31.1 Å². The van der Waals surface area contributed by atoms with Gasteiger partial charge in [0.1, 0.15) is 5.82 Å². The van der Waals surface area contributed by atoms with Crippen LogP contribution in [0.3, 0.4) is 0 Å². The van der Waals surface area contributed by atoms with Crippen LogP contribution in [0.25, 0.3) is 0 Å². The van der Waals surface area contributed by atoms with Gasteiger partial charge in [-0.2, -0.15) is 0 Å². The molecule has 3 unspecified atom stereocenters. The molecule has 2 heterocycles. The van der Waals surface area contributed by atoms with Gasteiger partial charge in [0.2, 0.25) is 0 Å². The Balaban J connectivity index is 1.63. The molecule has 1 saturated carbocycles. The van der Waals surface area contributed by atoms with Crippen molar-refractivity contribution in [3.05, 3.63) is 23.9 Å². The fraction of sp³-hybridized carbons (Fsp3) is 0.667. The lowest BCUT2D eigenvalue weighted by Gasteiger charge is -2.32. The van der Waals surface area contributed by atoms with Gasteiger partial charge in [0.05, 0.1) is 19.3 Å². The highest BCUT2D eigenvalue weighted by Gasteiger charge is 2.33. The number of hydrogen-bond donors (Lipinski definition) is 2. The van der Waals surface area contributed by atoms with Crippen LogP contribution in [-0.4, -0.2) is 49.3 Å². The molecule has 1 aliphatic carbocycles. The summed E-state index contributed by atoms with van der Waals surface area (Å²) in [6, 6.07) is 4.76. The van der Waals surface area contributed by atoms with Crippen LogP contribution in [0.15, 0.2) is 23.3 Å². The van der Waals surface area contributed by atoms with E-state index in [-0.39, 0.29) is 6.10 Å². The van der Waals surface area contributed by atoms with Crippen molar-refractivity contribution in [2.45, 2.75) is 45.9 Å². The molecule has 2 N–H and O–H groups in total. The van der Waals surface area contributed by atoms with Crippen LogP contribution in [0.2, 0.25) is 0 Å². The number of guanidine groups is 1. The number of nitrogens with zero attached hydrogens (tertiary/aromatic N) is 3. The van der Waals surface area contributed by atoms with E-state index in [0.717, 1.165) is 43.9 Å². The fourth-order valence-electron chi connectivity index (χ4n) is 2.95. The molecule has 6 heteroatoms. The van der Waals surface area contributed by atoms with Gasteiger partial charge in [-0.25, -0.2) is 9.98 Å². The minimum Gasteiger partial charge on any atom is -0.375 e. The second kappa shape index (κ2) is 7.83. The molecule has 3 rings (SSSR count). The monoisotopic (exact) mass is 331 g/mol. The molecule has 24 heavy (non-hydrogen) atoms. The van der Waals surface area contributed by atoms with E-state index in [0.29, 0.717) is 12.6 Å². The van der Waals surface area contributed by atoms with E-state index >= 15 is 0 Å². The average molecular weight is 331 g/mol. The second-order valence-electron chi connectivity index (χ2n) is 6.81. The zero-order valence-electron chi connectivity index (χ0n) is 15.0. The van der Waals surface area contributed by atoms with Gasteiger partial charge < -0.3 is 20.3 Å². The highest BCUT2D eigenvalue weighted by molar-refractivity contribution is 5.80. The smallest absolute Gasteiger partial charge is 0.191 e. The zero-order valence-corrected chi connectivity index (χ0v) is 15.0. The molecule has 6 nitrogen and oxygen atoms in total. The first-order valence-corrected chi connectivity index (χ1v) is 9.02. The maximum atomic E-state index is 5.61. The third-order valence-corrected chi connectivity index (χ3v) is 4.57. The lowest BCUT2D eigenvalue weighted by molar-refractivity contribution is 0.0529. The van der Waals surface area contributed by atoms with Gasteiger partial charge in [0, 0.05) is 31.9 Å². The summed E-state index contributed by atoms with van der Waals surface area (Å²) >= 11 is 0. The van der Waals surface area contributed by atoms with Gasteiger partial charge in [0.25, 0.3) is 0 Å². The summed E-state index contributed by atoms with van der Waals surface area (Å²) in [6.07, 6.45) is 3.37. The summed E-state index contributed by atoms with van der Waals surface area (Å²) in [7, 11) is 0. The first-order valence-electron chi connectivity index (χ1n) is 9.02. The number of aliphatic imine (C=N–C) groups is 1. The van der Waals surface area contributed by atoms with E-state index in [4.69, 9.17) is 9.73 Å². The third-order valence-electron chi connectivity index (χ3n) is 4.57. The van der Waals surface area contributed by atoms with E-state index < -0.39 is 0 Å². The van der Waals surface area contributed by atoms with Gasteiger partial charge in [-0.15, -0.1) is 0 Å². The van der Waals surface area contributed by atoms with Gasteiger partial charge in [-0.3, -0.25) is 0 Å². The Morgan fingerprint density at radius 3 is 3.00 bits per heavy atom. The number of hydrogen-bond acceptors (Lipinski definition) is 4. The van der Waals surface area contributed by atoms with Crippen molar-refractivity contribution >= 4 is 11.8 Å². The molecule has 1 aromatic heterocycles. The summed E-state index contributed by atoms with van der Waals surface area (Å²) in [5.41, 5.74) is 1.18. The molecule has 0 aromatic carbocycles. The number of ether oxygens (including phenoxy) is 1. The number of rotatable bonds is 5. The zero-order chi connectivity index (χ0) is 16.9. The Morgan fingerprint density at radius 1 is 1.46 bits per heavy atom. The number of anilines is 1. The molecule has 1 saturated heterocycles. The van der Waals surface area contributed by atoms with Gasteiger partial charge in [-0.05, 0) is 43.9 Å². The standard InChI is InChI=1S/C18H29N5O/c1-4-19-18(22-16-9-13(16)2)21-11-15-5-6-20-17(10-15)23-7-8-24-14(3)12-23/h5-6,10,13-14,16H,4,7-9,11-12H2,1-3H3,(H2,19,21,22). The molecule has 1 aliphatic heterocycles. The molecule has 2 fully saturated rings. The van der Waals surface area contributed by atoms with Gasteiger partial charge in [0.15, 0.2) is 5.96 Å². The topological polar surface area (TPSA) is 61.8 Å². The van der Waals surface area contributed by atoms with Gasteiger partial charge in [-0.1, -0.05) is 6.92 Å². The average Bonchev–Trinajstić information content (AvgIpc) is 3.28. The Bertz CT molecular complexity index is 576. The van der Waals surface area contributed by atoms with Gasteiger partial charge >= 0.3 is 0 Å². The van der Waals surface area contributed by atoms with Crippen molar-refractivity contribution < 1.29 is 4.74 Å². The Kier molecular flexibility index (Phi) is 5.56. The molecular weight excluding hydrogens is 302 g/mol. The van der Waals surface area contributed by atoms with E-state index in [2.05, 4.69) is 47.4 Å². The predicted molar refractivity (Wildman–Crippen MR) is 97.4 cm³/mol. The maximum absolute atomic E-state index is 5.61. The van der Waals surface area contributed by atoms with Crippen molar-refractivity contribution in [3.63, 3.8) is 0 Å². The summed E-state index contributed by atoms with van der Waals surface area (Å²) in [5.74, 6) is 2.68. The van der Waals surface area contributed by atoms with E-state index in [1.807, 2.05) is 12.3 Å². The Labute approximate surface area is 144 Å². The Morgan fingerprint density at radius 2 is 2.29 bits per heavy atom. The molecule has 3 atom stereocenters. The third kappa shape index (κ3) is 4.60. The number of nitrogens with one attached hydrogen (secondary N) is 2. The van der Waals surface area contributed by atoms with Crippen LogP contribution in [-0.2, 0) is 11.3 Å². The normalized spacial score (nSPS) is 27.0. The SMILES string of the molecule is CCNC(=NCc1ccnc(N2CCOC(C)C2)c1)NC1CC1C. The van der Waals surface area contributed by atoms with Crippen molar-refractivity contribution in [3.8, 4) is 0 Å². The van der Waals surface area contributed by atoms with E-state index in [1.54, 1.807) is 0 Å². The van der Waals surface area contributed by atoms with Crippen LogP contribution >= 0.6 is 0 Å². The highest BCUT2D eigenvalue weighted by Crippen LogP contribution is 2.28. The minimum absolute atomic E-state index is 0.257. The first kappa shape index (κ1) is 17.0. The summed E-state index contributed by atoms with van der Waals surface area (Å²) in [4.78, 5) is 11.5.